The van der Waals surface area contributed by atoms with Gasteiger partial charge in [-0.25, -0.2) is 4.39 Å². The van der Waals surface area contributed by atoms with E-state index in [1.54, 1.807) is 56.7 Å². The van der Waals surface area contributed by atoms with E-state index in [4.69, 9.17) is 14.2 Å². The second kappa shape index (κ2) is 7.70. The van der Waals surface area contributed by atoms with Crippen LogP contribution in [0.4, 0.5) is 4.39 Å². The van der Waals surface area contributed by atoms with Crippen LogP contribution in [0.1, 0.15) is 15.9 Å². The van der Waals surface area contributed by atoms with Crippen molar-refractivity contribution in [3.63, 3.8) is 0 Å². The van der Waals surface area contributed by atoms with Gasteiger partial charge in [-0.1, -0.05) is 0 Å². The van der Waals surface area contributed by atoms with Gasteiger partial charge in [-0.3, -0.25) is 4.79 Å². The van der Waals surface area contributed by atoms with Crippen molar-refractivity contribution in [2.24, 2.45) is 0 Å². The summed E-state index contributed by atoms with van der Waals surface area (Å²) in [6.07, 6.45) is 0. The van der Waals surface area contributed by atoms with Gasteiger partial charge in [0, 0.05) is 29.3 Å². The van der Waals surface area contributed by atoms with Crippen molar-refractivity contribution in [1.29, 1.82) is 0 Å². The van der Waals surface area contributed by atoms with Crippen molar-refractivity contribution in [3.8, 4) is 23.0 Å². The van der Waals surface area contributed by atoms with E-state index < -0.39 is 0 Å². The van der Waals surface area contributed by atoms with Gasteiger partial charge in [-0.2, -0.15) is 0 Å². The quantitative estimate of drug-likeness (QED) is 0.594. The van der Waals surface area contributed by atoms with Gasteiger partial charge in [0.05, 0.1) is 14.2 Å². The van der Waals surface area contributed by atoms with Crippen LogP contribution < -0.4 is 14.2 Å². The Morgan fingerprint density at radius 3 is 1.65 bits per heavy atom. The molecule has 3 aromatic rings. The average Bonchev–Trinajstić information content (AvgIpc) is 2.68. The third-order valence-electron chi connectivity index (χ3n) is 3.78. The number of carbonyl (C=O) groups is 1. The molecule has 0 amide bonds. The van der Waals surface area contributed by atoms with E-state index in [1.165, 1.54) is 24.3 Å². The lowest BCUT2D eigenvalue weighted by Crippen LogP contribution is -2.01. The molecule has 0 aromatic heterocycles. The van der Waals surface area contributed by atoms with Gasteiger partial charge in [-0.15, -0.1) is 0 Å². The highest BCUT2D eigenvalue weighted by Gasteiger charge is 2.10. The molecule has 0 aliphatic carbocycles. The Morgan fingerprint density at radius 2 is 1.15 bits per heavy atom. The first-order valence-corrected chi connectivity index (χ1v) is 7.90. The molecule has 0 aliphatic rings. The molecule has 0 saturated heterocycles. The zero-order valence-corrected chi connectivity index (χ0v) is 14.4. The molecule has 0 bridgehead atoms. The first kappa shape index (κ1) is 17.5. The molecule has 0 N–H and O–H groups in total. The third-order valence-corrected chi connectivity index (χ3v) is 3.78. The Hall–Kier alpha value is -3.34. The molecule has 0 atom stereocenters. The fourth-order valence-electron chi connectivity index (χ4n) is 2.42. The summed E-state index contributed by atoms with van der Waals surface area (Å²) in [6, 6.07) is 17.4. The van der Waals surface area contributed by atoms with Crippen LogP contribution in [0.3, 0.4) is 0 Å². The summed E-state index contributed by atoms with van der Waals surface area (Å²) in [5.41, 5.74) is 0.921. The van der Waals surface area contributed by atoms with Gasteiger partial charge in [-0.05, 0) is 48.5 Å². The number of methoxy groups -OCH3 is 2. The lowest BCUT2D eigenvalue weighted by Gasteiger charge is -2.10. The summed E-state index contributed by atoms with van der Waals surface area (Å²) < 4.78 is 29.2. The fourth-order valence-corrected chi connectivity index (χ4v) is 2.42. The van der Waals surface area contributed by atoms with Crippen LogP contribution in [0.2, 0.25) is 0 Å². The van der Waals surface area contributed by atoms with Gasteiger partial charge in [0.1, 0.15) is 28.8 Å². The summed E-state index contributed by atoms with van der Waals surface area (Å²) in [5.74, 6) is 1.79. The van der Waals surface area contributed by atoms with E-state index in [9.17, 15) is 9.18 Å². The van der Waals surface area contributed by atoms with Gasteiger partial charge in [0.25, 0.3) is 0 Å². The minimum Gasteiger partial charge on any atom is -0.496 e. The van der Waals surface area contributed by atoms with Gasteiger partial charge < -0.3 is 14.2 Å². The topological polar surface area (TPSA) is 44.8 Å². The first-order valence-electron chi connectivity index (χ1n) is 7.90. The fraction of sp³-hybridized carbons (Fsp3) is 0.0952. The van der Waals surface area contributed by atoms with Crippen LogP contribution in [0.5, 0.6) is 23.0 Å². The molecular formula is C21H17FO4. The van der Waals surface area contributed by atoms with Crippen LogP contribution in [-0.4, -0.2) is 20.0 Å². The van der Waals surface area contributed by atoms with E-state index in [1.807, 2.05) is 0 Å². The lowest BCUT2D eigenvalue weighted by molar-refractivity contribution is 0.103. The van der Waals surface area contributed by atoms with Crippen LogP contribution >= 0.6 is 0 Å². The average molecular weight is 352 g/mol. The van der Waals surface area contributed by atoms with Gasteiger partial charge in [0.15, 0.2) is 5.78 Å². The minimum atomic E-state index is -0.376. The number of carbonyl (C=O) groups excluding carboxylic acids is 1. The lowest BCUT2D eigenvalue weighted by atomic mass is 10.0. The normalized spacial score (nSPS) is 10.3. The molecule has 0 fully saturated rings. The molecule has 0 unspecified atom stereocenters. The second-order valence-electron chi connectivity index (χ2n) is 5.51. The number of hydrogen-bond donors (Lipinski definition) is 0. The highest BCUT2D eigenvalue weighted by atomic mass is 19.1. The molecule has 26 heavy (non-hydrogen) atoms. The zero-order valence-electron chi connectivity index (χ0n) is 14.4. The highest BCUT2D eigenvalue weighted by Crippen LogP contribution is 2.31. The summed E-state index contributed by atoms with van der Waals surface area (Å²) >= 11 is 0. The molecule has 5 heteroatoms. The number of ketones is 1. The first-order chi connectivity index (χ1) is 12.6. The largest absolute Gasteiger partial charge is 0.496 e. The van der Waals surface area contributed by atoms with Crippen molar-refractivity contribution in [2.45, 2.75) is 0 Å². The Labute approximate surface area is 150 Å². The van der Waals surface area contributed by atoms with Crippen LogP contribution in [0.25, 0.3) is 0 Å². The third kappa shape index (κ3) is 4.00. The number of ether oxygens (including phenoxy) is 3. The van der Waals surface area contributed by atoms with E-state index in [-0.39, 0.29) is 11.6 Å². The monoisotopic (exact) mass is 352 g/mol. The number of benzene rings is 3. The summed E-state index contributed by atoms with van der Waals surface area (Å²) in [5, 5.41) is 0. The van der Waals surface area contributed by atoms with E-state index in [0.717, 1.165) is 0 Å². The molecule has 3 rings (SSSR count). The maximum Gasteiger partial charge on any atom is 0.193 e. The molecule has 0 spiro atoms. The molecule has 0 aliphatic heterocycles. The summed E-state index contributed by atoms with van der Waals surface area (Å²) in [6.45, 7) is 0. The molecular weight excluding hydrogens is 335 g/mol. The Bertz CT molecular complexity index is 880. The Morgan fingerprint density at radius 1 is 0.692 bits per heavy atom. The molecule has 3 aromatic carbocycles. The van der Waals surface area contributed by atoms with E-state index in [0.29, 0.717) is 34.1 Å². The molecule has 0 heterocycles. The minimum absolute atomic E-state index is 0.181. The van der Waals surface area contributed by atoms with Crippen molar-refractivity contribution in [3.05, 3.63) is 83.7 Å². The summed E-state index contributed by atoms with van der Waals surface area (Å²) in [7, 11) is 3.13. The highest BCUT2D eigenvalue weighted by molar-refractivity contribution is 6.09. The predicted molar refractivity (Wildman–Crippen MR) is 95.9 cm³/mol. The SMILES string of the molecule is COc1cc(OC)cc(Oc2ccc(C(=O)c3ccc(F)cc3)cc2)c1. The van der Waals surface area contributed by atoms with Crippen LogP contribution in [0, 0.1) is 5.82 Å². The van der Waals surface area contributed by atoms with Gasteiger partial charge in [0.2, 0.25) is 0 Å². The standard InChI is InChI=1S/C21H17FO4/c1-24-18-11-19(25-2)13-20(12-18)26-17-9-5-15(6-10-17)21(23)14-3-7-16(22)8-4-14/h3-13H,1-2H3. The Kier molecular flexibility index (Phi) is 5.17. The predicted octanol–water partition coefficient (Wildman–Crippen LogP) is 4.87. The molecule has 132 valence electrons. The number of rotatable bonds is 6. The molecule has 0 saturated carbocycles. The smallest absolute Gasteiger partial charge is 0.193 e. The zero-order chi connectivity index (χ0) is 18.5. The van der Waals surface area contributed by atoms with Crippen molar-refractivity contribution < 1.29 is 23.4 Å². The molecule has 4 nitrogen and oxygen atoms in total. The number of halogens is 1. The van der Waals surface area contributed by atoms with E-state index in [2.05, 4.69) is 0 Å². The number of hydrogen-bond acceptors (Lipinski definition) is 4. The second-order valence-corrected chi connectivity index (χ2v) is 5.51. The van der Waals surface area contributed by atoms with Crippen molar-refractivity contribution in [2.75, 3.05) is 14.2 Å². The summed E-state index contributed by atoms with van der Waals surface area (Å²) in [4.78, 5) is 12.4. The van der Waals surface area contributed by atoms with Crippen molar-refractivity contribution in [1.82, 2.24) is 0 Å². The maximum absolute atomic E-state index is 13.0. The van der Waals surface area contributed by atoms with E-state index >= 15 is 0 Å². The Balaban J connectivity index is 1.77. The van der Waals surface area contributed by atoms with Gasteiger partial charge >= 0.3 is 0 Å². The van der Waals surface area contributed by atoms with Crippen LogP contribution in [0.15, 0.2) is 66.7 Å². The molecule has 0 radical (unpaired) electrons. The maximum atomic E-state index is 13.0. The van der Waals surface area contributed by atoms with Crippen LogP contribution in [-0.2, 0) is 0 Å². The van der Waals surface area contributed by atoms with Crippen molar-refractivity contribution >= 4 is 5.78 Å².